The van der Waals surface area contributed by atoms with Crippen molar-refractivity contribution in [3.8, 4) is 5.88 Å². The fraction of sp³-hybridized carbons (Fsp3) is 0.471. The fourth-order valence-electron chi connectivity index (χ4n) is 2.89. The highest BCUT2D eigenvalue weighted by atomic mass is 35.5. The van der Waals surface area contributed by atoms with Crippen molar-refractivity contribution in [1.82, 2.24) is 14.5 Å². The molecule has 1 aliphatic carbocycles. The Hall–Kier alpha value is -2.26. The van der Waals surface area contributed by atoms with E-state index in [9.17, 15) is 18.7 Å². The van der Waals surface area contributed by atoms with Crippen LogP contribution in [0.15, 0.2) is 17.1 Å². The van der Waals surface area contributed by atoms with Crippen LogP contribution in [0.3, 0.4) is 0 Å². The van der Waals surface area contributed by atoms with Crippen LogP contribution in [0.2, 0.25) is 5.15 Å². The van der Waals surface area contributed by atoms with Crippen molar-refractivity contribution < 1.29 is 18.6 Å². The Labute approximate surface area is 159 Å². The fourth-order valence-corrected chi connectivity index (χ4v) is 3.08. The summed E-state index contributed by atoms with van der Waals surface area (Å²) in [6.45, 7) is -0.00400. The second-order valence-electron chi connectivity index (χ2n) is 6.46. The summed E-state index contributed by atoms with van der Waals surface area (Å²) in [4.78, 5) is 20.8. The van der Waals surface area contributed by atoms with Gasteiger partial charge in [-0.2, -0.15) is 8.78 Å². The monoisotopic (exact) mass is 400 g/mol. The molecule has 0 spiro atoms. The van der Waals surface area contributed by atoms with Crippen LogP contribution in [-0.4, -0.2) is 32.9 Å². The number of aromatic nitrogens is 3. The lowest BCUT2D eigenvalue weighted by Gasteiger charge is -2.19. The SMILES string of the molecule is Cc1cc(Nc2nc(Cl)cn([C@H](CO)C3CC3)c2=O)c(C)nc1OC(F)F. The van der Waals surface area contributed by atoms with Gasteiger partial charge < -0.3 is 19.7 Å². The third-order valence-electron chi connectivity index (χ3n) is 4.42. The van der Waals surface area contributed by atoms with E-state index in [1.165, 1.54) is 16.8 Å². The number of aliphatic hydroxyl groups is 1. The van der Waals surface area contributed by atoms with Crippen LogP contribution < -0.4 is 15.6 Å². The zero-order valence-corrected chi connectivity index (χ0v) is 15.5. The van der Waals surface area contributed by atoms with E-state index in [1.807, 2.05) is 0 Å². The van der Waals surface area contributed by atoms with Gasteiger partial charge >= 0.3 is 6.61 Å². The molecule has 0 aromatic carbocycles. The third-order valence-corrected chi connectivity index (χ3v) is 4.60. The molecule has 1 atom stereocenters. The largest absolute Gasteiger partial charge is 0.417 e. The molecule has 7 nitrogen and oxygen atoms in total. The molecule has 2 heterocycles. The predicted molar refractivity (Wildman–Crippen MR) is 96.0 cm³/mol. The Kier molecular flexibility index (Phi) is 5.61. The molecule has 1 aliphatic rings. The smallest absolute Gasteiger partial charge is 0.388 e. The summed E-state index contributed by atoms with van der Waals surface area (Å²) in [5.74, 6) is 0.0162. The molecule has 1 fully saturated rings. The Morgan fingerprint density at radius 2 is 2.11 bits per heavy atom. The molecule has 2 aromatic rings. The van der Waals surface area contributed by atoms with E-state index in [-0.39, 0.29) is 35.4 Å². The molecule has 27 heavy (non-hydrogen) atoms. The summed E-state index contributed by atoms with van der Waals surface area (Å²) < 4.78 is 30.6. The van der Waals surface area contributed by atoms with E-state index in [2.05, 4.69) is 20.0 Å². The highest BCUT2D eigenvalue weighted by Gasteiger charge is 2.33. The van der Waals surface area contributed by atoms with Gasteiger partial charge in [-0.05, 0) is 38.7 Å². The first-order valence-electron chi connectivity index (χ1n) is 8.39. The molecule has 0 saturated heterocycles. The van der Waals surface area contributed by atoms with Gasteiger partial charge in [0.15, 0.2) is 5.82 Å². The van der Waals surface area contributed by atoms with Crippen LogP contribution in [0.5, 0.6) is 5.88 Å². The van der Waals surface area contributed by atoms with Crippen molar-refractivity contribution in [2.45, 2.75) is 39.3 Å². The van der Waals surface area contributed by atoms with Gasteiger partial charge in [-0.15, -0.1) is 0 Å². The number of pyridine rings is 1. The minimum atomic E-state index is -2.98. The maximum Gasteiger partial charge on any atom is 0.388 e. The molecule has 0 unspecified atom stereocenters. The Morgan fingerprint density at radius 1 is 1.41 bits per heavy atom. The molecule has 2 N–H and O–H groups in total. The normalized spacial score (nSPS) is 15.1. The average Bonchev–Trinajstić information content (AvgIpc) is 3.41. The molecular weight excluding hydrogens is 382 g/mol. The number of nitrogens with one attached hydrogen (secondary N) is 1. The summed E-state index contributed by atoms with van der Waals surface area (Å²) in [6, 6.07) is 1.18. The lowest BCUT2D eigenvalue weighted by atomic mass is 10.2. The van der Waals surface area contributed by atoms with Crippen molar-refractivity contribution in [2.24, 2.45) is 5.92 Å². The molecule has 146 valence electrons. The topological polar surface area (TPSA) is 89.3 Å². The van der Waals surface area contributed by atoms with Gasteiger partial charge in [0.1, 0.15) is 5.15 Å². The highest BCUT2D eigenvalue weighted by molar-refractivity contribution is 6.29. The van der Waals surface area contributed by atoms with Gasteiger partial charge in [0.05, 0.1) is 24.0 Å². The molecule has 0 bridgehead atoms. The van der Waals surface area contributed by atoms with Gasteiger partial charge in [-0.3, -0.25) is 4.79 Å². The number of hydrogen-bond donors (Lipinski definition) is 2. The quantitative estimate of drug-likeness (QED) is 0.742. The van der Waals surface area contributed by atoms with E-state index >= 15 is 0 Å². The van der Waals surface area contributed by atoms with E-state index in [4.69, 9.17) is 11.6 Å². The number of rotatable bonds is 7. The number of ether oxygens (including phenoxy) is 1. The van der Waals surface area contributed by atoms with Crippen molar-refractivity contribution in [2.75, 3.05) is 11.9 Å². The Balaban J connectivity index is 1.95. The van der Waals surface area contributed by atoms with E-state index in [0.29, 0.717) is 16.9 Å². The zero-order chi connectivity index (χ0) is 19.7. The van der Waals surface area contributed by atoms with Crippen LogP contribution >= 0.6 is 11.6 Å². The average molecular weight is 401 g/mol. The number of halogens is 3. The first kappa shape index (κ1) is 19.5. The Morgan fingerprint density at radius 3 is 2.70 bits per heavy atom. The zero-order valence-electron chi connectivity index (χ0n) is 14.7. The van der Waals surface area contributed by atoms with Crippen LogP contribution in [0.4, 0.5) is 20.3 Å². The molecule has 1 saturated carbocycles. The van der Waals surface area contributed by atoms with Crippen molar-refractivity contribution in [1.29, 1.82) is 0 Å². The number of alkyl halides is 2. The van der Waals surface area contributed by atoms with Gasteiger partial charge in [-0.25, -0.2) is 9.97 Å². The highest BCUT2D eigenvalue weighted by Crippen LogP contribution is 2.39. The number of nitrogens with zero attached hydrogens (tertiary/aromatic N) is 3. The van der Waals surface area contributed by atoms with Crippen LogP contribution in [0.25, 0.3) is 0 Å². The third kappa shape index (κ3) is 4.36. The number of aryl methyl sites for hydroxylation is 2. The standard InChI is InChI=1S/C17H19ClF2N4O3/c1-8-5-11(9(2)21-15(8)27-17(19)20)22-14-16(26)24(6-13(18)23-14)12(7-25)10-3-4-10/h5-6,10,12,17,25H,3-4,7H2,1-2H3,(H,22,23)/t12-/m1/s1. The minimum Gasteiger partial charge on any atom is -0.417 e. The number of aliphatic hydroxyl groups excluding tert-OH is 1. The van der Waals surface area contributed by atoms with Gasteiger partial charge in [0, 0.05) is 11.8 Å². The molecule has 0 radical (unpaired) electrons. The lowest BCUT2D eigenvalue weighted by molar-refractivity contribution is -0.0533. The molecular formula is C17H19ClF2N4O3. The molecule has 2 aromatic heterocycles. The number of anilines is 2. The van der Waals surface area contributed by atoms with Crippen molar-refractivity contribution in [3.63, 3.8) is 0 Å². The molecule has 10 heteroatoms. The first-order chi connectivity index (χ1) is 12.8. The maximum absolute atomic E-state index is 12.8. The Bertz CT molecular complexity index is 902. The van der Waals surface area contributed by atoms with Gasteiger partial charge in [0.2, 0.25) is 5.88 Å². The van der Waals surface area contributed by atoms with Crippen LogP contribution in [-0.2, 0) is 0 Å². The van der Waals surface area contributed by atoms with Gasteiger partial charge in [0.25, 0.3) is 5.56 Å². The van der Waals surface area contributed by atoms with Crippen LogP contribution in [0.1, 0.15) is 30.1 Å². The van der Waals surface area contributed by atoms with Crippen molar-refractivity contribution in [3.05, 3.63) is 39.0 Å². The van der Waals surface area contributed by atoms with Crippen molar-refractivity contribution >= 4 is 23.1 Å². The summed E-state index contributed by atoms with van der Waals surface area (Å²) in [7, 11) is 0. The molecule has 0 aliphatic heterocycles. The predicted octanol–water partition coefficient (Wildman–Crippen LogP) is 3.20. The summed E-state index contributed by atoms with van der Waals surface area (Å²) in [6.07, 6.45) is 3.28. The summed E-state index contributed by atoms with van der Waals surface area (Å²) >= 11 is 6.06. The van der Waals surface area contributed by atoms with Gasteiger partial charge in [-0.1, -0.05) is 11.6 Å². The van der Waals surface area contributed by atoms with E-state index in [1.54, 1.807) is 13.8 Å². The lowest BCUT2D eigenvalue weighted by Crippen LogP contribution is -2.30. The minimum absolute atomic E-state index is 0.0339. The second-order valence-corrected chi connectivity index (χ2v) is 6.85. The van der Waals surface area contributed by atoms with Crippen LogP contribution in [0, 0.1) is 19.8 Å². The van der Waals surface area contributed by atoms with E-state index < -0.39 is 12.2 Å². The molecule has 3 rings (SSSR count). The van der Waals surface area contributed by atoms with E-state index in [0.717, 1.165) is 12.8 Å². The number of hydrogen-bond acceptors (Lipinski definition) is 6. The maximum atomic E-state index is 12.8. The second kappa shape index (κ2) is 7.77. The summed E-state index contributed by atoms with van der Waals surface area (Å²) in [5.41, 5.74) is 0.705. The first-order valence-corrected chi connectivity index (χ1v) is 8.77. The molecule has 0 amide bonds. The summed E-state index contributed by atoms with van der Waals surface area (Å²) in [5, 5.41) is 12.6.